The molecule has 32 heavy (non-hydrogen) atoms. The fourth-order valence-electron chi connectivity index (χ4n) is 4.44. The second-order valence-electron chi connectivity index (χ2n) is 8.78. The summed E-state index contributed by atoms with van der Waals surface area (Å²) in [5.74, 6) is 0.939. The number of hydrogen-bond acceptors (Lipinski definition) is 4. The summed E-state index contributed by atoms with van der Waals surface area (Å²) in [5.41, 5.74) is 1.40. The molecule has 0 aromatic heterocycles. The largest absolute Gasteiger partial charge is 0.378 e. The van der Waals surface area contributed by atoms with E-state index < -0.39 is 0 Å². The Balaban J connectivity index is 0.00000363. The maximum absolute atomic E-state index is 6.14. The summed E-state index contributed by atoms with van der Waals surface area (Å²) < 4.78 is 6.14. The van der Waals surface area contributed by atoms with Gasteiger partial charge < -0.3 is 20.3 Å². The number of hydrogen-bond donors (Lipinski definition) is 2. The van der Waals surface area contributed by atoms with E-state index in [1.807, 2.05) is 0 Å². The number of nitrogens with zero attached hydrogens (tertiary/aromatic N) is 3. The van der Waals surface area contributed by atoms with E-state index in [1.165, 1.54) is 37.9 Å². The highest BCUT2D eigenvalue weighted by atomic mass is 127. The van der Waals surface area contributed by atoms with E-state index in [0.29, 0.717) is 6.10 Å². The van der Waals surface area contributed by atoms with Gasteiger partial charge in [-0.05, 0) is 57.7 Å². The summed E-state index contributed by atoms with van der Waals surface area (Å²) in [6, 6.07) is 10.8. The van der Waals surface area contributed by atoms with Gasteiger partial charge in [-0.3, -0.25) is 9.89 Å². The molecule has 182 valence electrons. The average Bonchev–Trinajstić information content (AvgIpc) is 2.81. The van der Waals surface area contributed by atoms with Crippen molar-refractivity contribution in [3.63, 3.8) is 0 Å². The number of benzene rings is 1. The van der Waals surface area contributed by atoms with Crippen molar-refractivity contribution in [1.82, 2.24) is 20.4 Å². The number of rotatable bonds is 11. The molecule has 2 aliphatic rings. The zero-order valence-corrected chi connectivity index (χ0v) is 22.3. The van der Waals surface area contributed by atoms with E-state index >= 15 is 0 Å². The molecule has 1 aromatic carbocycles. The van der Waals surface area contributed by atoms with Gasteiger partial charge in [0.1, 0.15) is 0 Å². The van der Waals surface area contributed by atoms with Gasteiger partial charge in [0.25, 0.3) is 0 Å². The lowest BCUT2D eigenvalue weighted by Crippen LogP contribution is -2.42. The van der Waals surface area contributed by atoms with Crippen LogP contribution in [0.2, 0.25) is 0 Å². The number of halogens is 1. The Bertz CT molecular complexity index is 616. The third kappa shape index (κ3) is 10.8. The average molecular weight is 558 g/mol. The minimum atomic E-state index is 0. The standard InChI is InChI=1S/C25H43N5O.HI/c1-2-26-25(28-15-20-29-16-7-4-8-17-29)27-14-9-21-31-24-12-18-30(19-13-24)22-23-10-5-3-6-11-23;/h3,5-6,10-11,24H,2,4,7-9,12-22H2,1H3,(H2,26,27,28);1H. The van der Waals surface area contributed by atoms with Gasteiger partial charge in [0.2, 0.25) is 0 Å². The number of likely N-dealkylation sites (tertiary alicyclic amines) is 2. The van der Waals surface area contributed by atoms with E-state index in [0.717, 1.165) is 77.6 Å². The van der Waals surface area contributed by atoms with E-state index in [1.54, 1.807) is 0 Å². The van der Waals surface area contributed by atoms with Crippen molar-refractivity contribution in [2.24, 2.45) is 4.99 Å². The Morgan fingerprint density at radius 3 is 2.47 bits per heavy atom. The van der Waals surface area contributed by atoms with Crippen LogP contribution in [0.5, 0.6) is 0 Å². The van der Waals surface area contributed by atoms with Crippen LogP contribution < -0.4 is 10.6 Å². The molecule has 2 N–H and O–H groups in total. The van der Waals surface area contributed by atoms with Gasteiger partial charge in [-0.15, -0.1) is 24.0 Å². The van der Waals surface area contributed by atoms with Crippen molar-refractivity contribution < 1.29 is 4.74 Å². The predicted octanol–water partition coefficient (Wildman–Crippen LogP) is 3.72. The van der Waals surface area contributed by atoms with E-state index in [9.17, 15) is 0 Å². The first kappa shape index (κ1) is 27.3. The molecule has 0 bridgehead atoms. The van der Waals surface area contributed by atoms with Gasteiger partial charge in [-0.1, -0.05) is 36.8 Å². The summed E-state index contributed by atoms with van der Waals surface area (Å²) >= 11 is 0. The minimum Gasteiger partial charge on any atom is -0.378 e. The molecule has 0 aliphatic carbocycles. The normalized spacial score (nSPS) is 18.8. The van der Waals surface area contributed by atoms with Crippen LogP contribution in [-0.4, -0.2) is 80.8 Å². The molecule has 1 aromatic rings. The third-order valence-corrected chi connectivity index (χ3v) is 6.22. The Morgan fingerprint density at radius 2 is 1.75 bits per heavy atom. The second kappa shape index (κ2) is 16.7. The maximum Gasteiger partial charge on any atom is 0.191 e. The molecule has 7 heteroatoms. The van der Waals surface area contributed by atoms with Crippen molar-refractivity contribution in [3.05, 3.63) is 35.9 Å². The van der Waals surface area contributed by atoms with Gasteiger partial charge in [-0.2, -0.15) is 0 Å². The quantitative estimate of drug-likeness (QED) is 0.188. The Kier molecular flexibility index (Phi) is 14.2. The molecule has 0 amide bonds. The van der Waals surface area contributed by atoms with Crippen LogP contribution in [0, 0.1) is 0 Å². The van der Waals surface area contributed by atoms with Crippen molar-refractivity contribution >= 4 is 29.9 Å². The minimum absolute atomic E-state index is 0. The highest BCUT2D eigenvalue weighted by molar-refractivity contribution is 14.0. The zero-order valence-electron chi connectivity index (χ0n) is 19.9. The predicted molar refractivity (Wildman–Crippen MR) is 145 cm³/mol. The van der Waals surface area contributed by atoms with Gasteiger partial charge >= 0.3 is 0 Å². The molecule has 3 rings (SSSR count). The lowest BCUT2D eigenvalue weighted by molar-refractivity contribution is 0.00566. The topological polar surface area (TPSA) is 52.1 Å². The lowest BCUT2D eigenvalue weighted by atomic mass is 10.1. The van der Waals surface area contributed by atoms with Gasteiger partial charge in [-0.25, -0.2) is 0 Å². The molecule has 0 saturated carbocycles. The number of ether oxygens (including phenoxy) is 1. The fourth-order valence-corrected chi connectivity index (χ4v) is 4.44. The molecular weight excluding hydrogens is 513 g/mol. The smallest absolute Gasteiger partial charge is 0.191 e. The Labute approximate surface area is 212 Å². The summed E-state index contributed by atoms with van der Waals surface area (Å²) in [7, 11) is 0. The van der Waals surface area contributed by atoms with Gasteiger partial charge in [0, 0.05) is 52.4 Å². The molecule has 2 saturated heterocycles. The van der Waals surface area contributed by atoms with Crippen LogP contribution >= 0.6 is 24.0 Å². The van der Waals surface area contributed by atoms with Crippen molar-refractivity contribution in [1.29, 1.82) is 0 Å². The highest BCUT2D eigenvalue weighted by Gasteiger charge is 2.19. The monoisotopic (exact) mass is 557 g/mol. The van der Waals surface area contributed by atoms with Crippen LogP contribution in [0.3, 0.4) is 0 Å². The van der Waals surface area contributed by atoms with Crippen molar-refractivity contribution in [3.8, 4) is 0 Å². The molecule has 0 radical (unpaired) electrons. The number of guanidine groups is 1. The molecule has 2 fully saturated rings. The summed E-state index contributed by atoms with van der Waals surface area (Å²) in [6.45, 7) is 12.5. The Hall–Kier alpha value is -0.900. The molecule has 0 spiro atoms. The van der Waals surface area contributed by atoms with E-state index in [-0.39, 0.29) is 24.0 Å². The fraction of sp³-hybridized carbons (Fsp3) is 0.720. The van der Waals surface area contributed by atoms with E-state index in [4.69, 9.17) is 9.73 Å². The third-order valence-electron chi connectivity index (χ3n) is 6.22. The molecular formula is C25H44IN5O. The molecule has 6 nitrogen and oxygen atoms in total. The van der Waals surface area contributed by atoms with Crippen LogP contribution in [0.15, 0.2) is 35.3 Å². The first-order valence-corrected chi connectivity index (χ1v) is 12.5. The van der Waals surface area contributed by atoms with Crippen molar-refractivity contribution in [2.75, 3.05) is 59.0 Å². The number of aliphatic imine (C=N–C) groups is 1. The van der Waals surface area contributed by atoms with Gasteiger partial charge in [0.15, 0.2) is 5.96 Å². The van der Waals surface area contributed by atoms with E-state index in [2.05, 4.69) is 57.7 Å². The first-order chi connectivity index (χ1) is 15.3. The molecule has 0 unspecified atom stereocenters. The maximum atomic E-state index is 6.14. The van der Waals surface area contributed by atoms with Crippen LogP contribution in [-0.2, 0) is 11.3 Å². The zero-order chi connectivity index (χ0) is 21.6. The summed E-state index contributed by atoms with van der Waals surface area (Å²) in [4.78, 5) is 9.82. The lowest BCUT2D eigenvalue weighted by Gasteiger charge is -2.31. The van der Waals surface area contributed by atoms with Crippen LogP contribution in [0.4, 0.5) is 0 Å². The van der Waals surface area contributed by atoms with Gasteiger partial charge in [0.05, 0.1) is 6.10 Å². The first-order valence-electron chi connectivity index (χ1n) is 12.5. The molecule has 2 aliphatic heterocycles. The SMILES string of the molecule is CCNC(=NCCCOC1CCN(Cc2ccccc2)CC1)NCCN1CCCCC1.I. The summed E-state index contributed by atoms with van der Waals surface area (Å²) in [5, 5.41) is 6.84. The van der Waals surface area contributed by atoms with Crippen LogP contribution in [0.25, 0.3) is 0 Å². The number of piperidine rings is 2. The van der Waals surface area contributed by atoms with Crippen molar-refractivity contribution in [2.45, 2.75) is 58.1 Å². The Morgan fingerprint density at radius 1 is 1.00 bits per heavy atom. The molecule has 2 heterocycles. The van der Waals surface area contributed by atoms with Crippen LogP contribution in [0.1, 0.15) is 51.0 Å². The molecule has 0 atom stereocenters. The number of nitrogens with one attached hydrogen (secondary N) is 2. The second-order valence-corrected chi connectivity index (χ2v) is 8.78. The highest BCUT2D eigenvalue weighted by Crippen LogP contribution is 2.16. The summed E-state index contributed by atoms with van der Waals surface area (Å²) in [6.07, 6.45) is 7.75.